The van der Waals surface area contributed by atoms with Gasteiger partial charge in [0.1, 0.15) is 18.1 Å². The maximum absolute atomic E-state index is 5.67. The van der Waals surface area contributed by atoms with Crippen LogP contribution in [0, 0.1) is 0 Å². The summed E-state index contributed by atoms with van der Waals surface area (Å²) in [6.07, 6.45) is 0.869. The zero-order valence-corrected chi connectivity index (χ0v) is 15.0. The van der Waals surface area contributed by atoms with Gasteiger partial charge in [0.2, 0.25) is 0 Å². The highest BCUT2D eigenvalue weighted by Crippen LogP contribution is 2.12. The molecule has 0 aliphatic carbocycles. The number of hydrogen-bond acceptors (Lipinski definition) is 3. The van der Waals surface area contributed by atoms with Gasteiger partial charge < -0.3 is 20.1 Å². The first-order chi connectivity index (χ1) is 12.3. The molecule has 0 bridgehead atoms. The summed E-state index contributed by atoms with van der Waals surface area (Å²) in [5.74, 6) is 2.57. The summed E-state index contributed by atoms with van der Waals surface area (Å²) in [5, 5.41) is 6.54. The van der Waals surface area contributed by atoms with Gasteiger partial charge in [-0.2, -0.15) is 0 Å². The van der Waals surface area contributed by atoms with Crippen LogP contribution in [-0.4, -0.2) is 39.3 Å². The van der Waals surface area contributed by atoms with Crippen LogP contribution in [0.5, 0.6) is 11.5 Å². The van der Waals surface area contributed by atoms with Crippen molar-refractivity contribution in [2.24, 2.45) is 4.99 Å². The summed E-state index contributed by atoms with van der Waals surface area (Å²) in [5.41, 5.74) is 1.21. The molecule has 0 atom stereocenters. The van der Waals surface area contributed by atoms with Gasteiger partial charge >= 0.3 is 0 Å². The maximum Gasteiger partial charge on any atom is 0.191 e. The van der Waals surface area contributed by atoms with Crippen molar-refractivity contribution in [2.45, 2.75) is 13.3 Å². The second-order valence-electron chi connectivity index (χ2n) is 5.45. The van der Waals surface area contributed by atoms with Gasteiger partial charge in [0.15, 0.2) is 5.96 Å². The van der Waals surface area contributed by atoms with E-state index in [4.69, 9.17) is 9.47 Å². The standard InChI is InChI=1S/C20H27N3O2/c1-3-21-20(23-14-15-25-18-9-5-4-6-10-18)22-13-12-17-8-7-11-19(16-17)24-2/h4-11,16H,3,12-15H2,1-2H3,(H2,21,22,23). The number of para-hydroxylation sites is 1. The minimum atomic E-state index is 0.588. The lowest BCUT2D eigenvalue weighted by atomic mass is 10.1. The Morgan fingerprint density at radius 2 is 1.80 bits per heavy atom. The van der Waals surface area contributed by atoms with E-state index in [1.54, 1.807) is 7.11 Å². The van der Waals surface area contributed by atoms with Crippen LogP contribution in [0.4, 0.5) is 0 Å². The molecule has 0 saturated heterocycles. The molecule has 2 aromatic rings. The molecule has 2 N–H and O–H groups in total. The molecule has 0 spiro atoms. The third-order valence-corrected chi connectivity index (χ3v) is 3.56. The monoisotopic (exact) mass is 341 g/mol. The van der Waals surface area contributed by atoms with E-state index in [2.05, 4.69) is 28.6 Å². The SMILES string of the molecule is CCNC(=NCCc1cccc(OC)c1)NCCOc1ccccc1. The molecule has 2 aromatic carbocycles. The Kier molecular flexibility index (Phi) is 8.18. The van der Waals surface area contributed by atoms with Crippen molar-refractivity contribution in [3.8, 4) is 11.5 Å². The molecule has 0 saturated carbocycles. The highest BCUT2D eigenvalue weighted by molar-refractivity contribution is 5.79. The van der Waals surface area contributed by atoms with E-state index in [1.165, 1.54) is 5.56 Å². The van der Waals surface area contributed by atoms with Gasteiger partial charge in [-0.25, -0.2) is 0 Å². The summed E-state index contributed by atoms with van der Waals surface area (Å²) in [6, 6.07) is 17.9. The van der Waals surface area contributed by atoms with Gasteiger partial charge in [-0.3, -0.25) is 4.99 Å². The lowest BCUT2D eigenvalue weighted by Gasteiger charge is -2.12. The smallest absolute Gasteiger partial charge is 0.191 e. The molecule has 25 heavy (non-hydrogen) atoms. The first-order valence-corrected chi connectivity index (χ1v) is 8.64. The number of ether oxygens (including phenoxy) is 2. The fourth-order valence-corrected chi connectivity index (χ4v) is 2.32. The van der Waals surface area contributed by atoms with Crippen LogP contribution in [0.15, 0.2) is 59.6 Å². The van der Waals surface area contributed by atoms with Crippen LogP contribution >= 0.6 is 0 Å². The lowest BCUT2D eigenvalue weighted by molar-refractivity contribution is 0.322. The van der Waals surface area contributed by atoms with Crippen molar-refractivity contribution >= 4 is 5.96 Å². The summed E-state index contributed by atoms with van der Waals surface area (Å²) < 4.78 is 10.9. The van der Waals surface area contributed by atoms with E-state index in [-0.39, 0.29) is 0 Å². The predicted octanol–water partition coefficient (Wildman–Crippen LogP) is 2.87. The highest BCUT2D eigenvalue weighted by Gasteiger charge is 1.99. The Bertz CT molecular complexity index is 644. The normalized spacial score (nSPS) is 11.0. The Hall–Kier alpha value is -2.69. The maximum atomic E-state index is 5.67. The molecule has 0 amide bonds. The quantitative estimate of drug-likeness (QED) is 0.418. The number of methoxy groups -OCH3 is 1. The molecule has 0 aromatic heterocycles. The summed E-state index contributed by atoms with van der Waals surface area (Å²) >= 11 is 0. The molecule has 0 unspecified atom stereocenters. The zero-order valence-electron chi connectivity index (χ0n) is 15.0. The molecule has 2 rings (SSSR count). The molecule has 0 heterocycles. The number of benzene rings is 2. The Morgan fingerprint density at radius 1 is 1.00 bits per heavy atom. The number of guanidine groups is 1. The third-order valence-electron chi connectivity index (χ3n) is 3.56. The number of rotatable bonds is 9. The zero-order chi connectivity index (χ0) is 17.7. The van der Waals surface area contributed by atoms with Gasteiger partial charge in [-0.1, -0.05) is 30.3 Å². The highest BCUT2D eigenvalue weighted by atomic mass is 16.5. The summed E-state index contributed by atoms with van der Waals surface area (Å²) in [7, 11) is 1.68. The fraction of sp³-hybridized carbons (Fsp3) is 0.350. The number of nitrogens with zero attached hydrogens (tertiary/aromatic N) is 1. The number of nitrogens with one attached hydrogen (secondary N) is 2. The summed E-state index contributed by atoms with van der Waals surface area (Å²) in [4.78, 5) is 4.61. The van der Waals surface area contributed by atoms with Gasteiger partial charge in [0.25, 0.3) is 0 Å². The van der Waals surface area contributed by atoms with Crippen molar-refractivity contribution in [3.05, 3.63) is 60.2 Å². The Labute approximate surface area is 150 Å². The number of aliphatic imine (C=N–C) groups is 1. The third kappa shape index (κ3) is 7.16. The van der Waals surface area contributed by atoms with Crippen molar-refractivity contribution < 1.29 is 9.47 Å². The van der Waals surface area contributed by atoms with E-state index in [1.807, 2.05) is 48.5 Å². The predicted molar refractivity (Wildman–Crippen MR) is 103 cm³/mol. The minimum Gasteiger partial charge on any atom is -0.497 e. The van der Waals surface area contributed by atoms with Gasteiger partial charge in [0, 0.05) is 13.1 Å². The van der Waals surface area contributed by atoms with Crippen molar-refractivity contribution in [2.75, 3.05) is 33.4 Å². The van der Waals surface area contributed by atoms with E-state index in [0.717, 1.165) is 30.4 Å². The van der Waals surface area contributed by atoms with Crippen LogP contribution in [0.25, 0.3) is 0 Å². The van der Waals surface area contributed by atoms with Crippen molar-refractivity contribution in [3.63, 3.8) is 0 Å². The molecule has 0 radical (unpaired) electrons. The number of hydrogen-bond donors (Lipinski definition) is 2. The molecule has 0 aliphatic heterocycles. The van der Waals surface area contributed by atoms with Crippen molar-refractivity contribution in [1.82, 2.24) is 10.6 Å². The van der Waals surface area contributed by atoms with Crippen LogP contribution < -0.4 is 20.1 Å². The molecule has 5 nitrogen and oxygen atoms in total. The second kappa shape index (κ2) is 11.0. The first-order valence-electron chi connectivity index (χ1n) is 8.64. The van der Waals surface area contributed by atoms with Gasteiger partial charge in [0.05, 0.1) is 13.7 Å². The molecule has 0 fully saturated rings. The average Bonchev–Trinajstić information content (AvgIpc) is 2.66. The van der Waals surface area contributed by atoms with E-state index >= 15 is 0 Å². The van der Waals surface area contributed by atoms with Gasteiger partial charge in [-0.15, -0.1) is 0 Å². The first kappa shape index (κ1) is 18.6. The second-order valence-corrected chi connectivity index (χ2v) is 5.45. The van der Waals surface area contributed by atoms with Crippen molar-refractivity contribution in [1.29, 1.82) is 0 Å². The van der Waals surface area contributed by atoms with Crippen LogP contribution in [0.2, 0.25) is 0 Å². The van der Waals surface area contributed by atoms with E-state index in [9.17, 15) is 0 Å². The average molecular weight is 341 g/mol. The Morgan fingerprint density at radius 3 is 2.56 bits per heavy atom. The van der Waals surface area contributed by atoms with Crippen LogP contribution in [-0.2, 0) is 6.42 Å². The lowest BCUT2D eigenvalue weighted by Crippen LogP contribution is -2.39. The molecular formula is C20H27N3O2. The summed E-state index contributed by atoms with van der Waals surface area (Å²) in [6.45, 7) is 4.87. The molecular weight excluding hydrogens is 314 g/mol. The minimum absolute atomic E-state index is 0.588. The van der Waals surface area contributed by atoms with E-state index in [0.29, 0.717) is 19.7 Å². The molecule has 0 aliphatic rings. The Balaban J connectivity index is 1.75. The van der Waals surface area contributed by atoms with Crippen LogP contribution in [0.1, 0.15) is 12.5 Å². The van der Waals surface area contributed by atoms with E-state index < -0.39 is 0 Å². The largest absolute Gasteiger partial charge is 0.497 e. The van der Waals surface area contributed by atoms with Gasteiger partial charge in [-0.05, 0) is 43.2 Å². The topological polar surface area (TPSA) is 54.9 Å². The molecule has 5 heteroatoms. The fourth-order valence-electron chi connectivity index (χ4n) is 2.32. The molecule has 134 valence electrons. The van der Waals surface area contributed by atoms with Crippen LogP contribution in [0.3, 0.4) is 0 Å².